The maximum Gasteiger partial charge on any atom is 0.0883 e. The minimum atomic E-state index is -1.08. The van der Waals surface area contributed by atoms with E-state index < -0.39 is 29.1 Å². The van der Waals surface area contributed by atoms with Crippen molar-refractivity contribution < 1.29 is 20.4 Å². The molecule has 0 amide bonds. The third-order valence-electron chi connectivity index (χ3n) is 4.80. The SMILES string of the molecule is CCC(C)C(O)C(C)(CC)C(O)C(O)C(C)(C)CO. The van der Waals surface area contributed by atoms with Crippen LogP contribution in [0, 0.1) is 16.7 Å². The Morgan fingerprint density at radius 3 is 1.68 bits per heavy atom. The van der Waals surface area contributed by atoms with Crippen LogP contribution in [0.25, 0.3) is 0 Å². The Hall–Kier alpha value is -0.160. The fourth-order valence-electron chi connectivity index (χ4n) is 2.35. The number of hydrogen-bond donors (Lipinski definition) is 4. The first-order valence-corrected chi connectivity index (χ1v) is 7.23. The summed E-state index contributed by atoms with van der Waals surface area (Å²) < 4.78 is 0. The minimum absolute atomic E-state index is 0.0454. The van der Waals surface area contributed by atoms with Gasteiger partial charge >= 0.3 is 0 Å². The lowest BCUT2D eigenvalue weighted by Crippen LogP contribution is -2.55. The topological polar surface area (TPSA) is 80.9 Å². The van der Waals surface area contributed by atoms with Crippen LogP contribution in [0.1, 0.15) is 54.4 Å². The van der Waals surface area contributed by atoms with Gasteiger partial charge in [-0.2, -0.15) is 0 Å². The van der Waals surface area contributed by atoms with Crippen LogP contribution >= 0.6 is 0 Å². The van der Waals surface area contributed by atoms with Crippen LogP contribution in [0.15, 0.2) is 0 Å². The van der Waals surface area contributed by atoms with Gasteiger partial charge in [-0.15, -0.1) is 0 Å². The number of aliphatic hydroxyl groups excluding tert-OH is 4. The van der Waals surface area contributed by atoms with E-state index in [1.165, 1.54) is 0 Å². The van der Waals surface area contributed by atoms with Crippen molar-refractivity contribution in [2.24, 2.45) is 16.7 Å². The monoisotopic (exact) mass is 276 g/mol. The molecule has 0 aromatic rings. The molecule has 5 atom stereocenters. The van der Waals surface area contributed by atoms with Crippen molar-refractivity contribution in [3.63, 3.8) is 0 Å². The van der Waals surface area contributed by atoms with E-state index in [1.807, 2.05) is 20.8 Å². The van der Waals surface area contributed by atoms with Crippen molar-refractivity contribution >= 4 is 0 Å². The van der Waals surface area contributed by atoms with Crippen molar-refractivity contribution in [3.8, 4) is 0 Å². The second-order valence-corrected chi connectivity index (χ2v) is 6.73. The molecule has 0 saturated carbocycles. The summed E-state index contributed by atoms with van der Waals surface area (Å²) in [6.45, 7) is 10.8. The fraction of sp³-hybridized carbons (Fsp3) is 1.00. The Labute approximate surface area is 117 Å². The van der Waals surface area contributed by atoms with E-state index in [1.54, 1.807) is 20.8 Å². The van der Waals surface area contributed by atoms with Gasteiger partial charge in [0.05, 0.1) is 24.9 Å². The molecule has 0 aliphatic carbocycles. The van der Waals surface area contributed by atoms with E-state index in [4.69, 9.17) is 0 Å². The average Bonchev–Trinajstić information content (AvgIpc) is 2.42. The molecular weight excluding hydrogens is 244 g/mol. The molecule has 0 spiro atoms. The molecule has 0 aromatic heterocycles. The van der Waals surface area contributed by atoms with E-state index in [0.717, 1.165) is 6.42 Å². The first-order chi connectivity index (χ1) is 8.58. The molecule has 4 N–H and O–H groups in total. The van der Waals surface area contributed by atoms with Gasteiger partial charge in [-0.25, -0.2) is 0 Å². The van der Waals surface area contributed by atoms with E-state index >= 15 is 0 Å². The molecule has 5 unspecified atom stereocenters. The maximum atomic E-state index is 10.5. The summed E-state index contributed by atoms with van der Waals surface area (Å²) in [4.78, 5) is 0. The molecule has 4 nitrogen and oxygen atoms in total. The molecule has 0 rings (SSSR count). The zero-order valence-electron chi connectivity index (χ0n) is 13.2. The zero-order chi connectivity index (χ0) is 15.4. The normalized spacial score (nSPS) is 22.4. The Bertz CT molecular complexity index is 267. The molecule has 0 radical (unpaired) electrons. The largest absolute Gasteiger partial charge is 0.396 e. The highest BCUT2D eigenvalue weighted by Gasteiger charge is 2.47. The smallest absolute Gasteiger partial charge is 0.0883 e. The van der Waals surface area contributed by atoms with Crippen LogP contribution in [0.4, 0.5) is 0 Å². The van der Waals surface area contributed by atoms with Gasteiger partial charge in [0.2, 0.25) is 0 Å². The third kappa shape index (κ3) is 3.91. The van der Waals surface area contributed by atoms with Crippen LogP contribution in [0.5, 0.6) is 0 Å². The average molecular weight is 276 g/mol. The molecule has 0 aliphatic rings. The quantitative estimate of drug-likeness (QED) is 0.542. The van der Waals surface area contributed by atoms with Gasteiger partial charge in [-0.3, -0.25) is 0 Å². The summed E-state index contributed by atoms with van der Waals surface area (Å²) >= 11 is 0. The summed E-state index contributed by atoms with van der Waals surface area (Å²) in [6.07, 6.45) is -1.49. The van der Waals surface area contributed by atoms with Crippen LogP contribution in [0.3, 0.4) is 0 Å². The van der Waals surface area contributed by atoms with Gasteiger partial charge in [-0.05, 0) is 12.3 Å². The molecule has 0 fully saturated rings. The lowest BCUT2D eigenvalue weighted by atomic mass is 9.66. The van der Waals surface area contributed by atoms with E-state index in [9.17, 15) is 20.4 Å². The third-order valence-corrected chi connectivity index (χ3v) is 4.80. The molecule has 0 saturated heterocycles. The molecular formula is C15H32O4. The number of hydrogen-bond acceptors (Lipinski definition) is 4. The lowest BCUT2D eigenvalue weighted by Gasteiger charge is -2.45. The predicted octanol–water partition coefficient (Wildman–Crippen LogP) is 1.55. The second-order valence-electron chi connectivity index (χ2n) is 6.73. The van der Waals surface area contributed by atoms with E-state index in [0.29, 0.717) is 6.42 Å². The Kier molecular flexibility index (Phi) is 6.96. The molecule has 0 aromatic carbocycles. The van der Waals surface area contributed by atoms with Gasteiger partial charge in [0, 0.05) is 10.8 Å². The van der Waals surface area contributed by atoms with Gasteiger partial charge < -0.3 is 20.4 Å². The Morgan fingerprint density at radius 1 is 0.895 bits per heavy atom. The van der Waals surface area contributed by atoms with Crippen LogP contribution in [-0.2, 0) is 0 Å². The van der Waals surface area contributed by atoms with Crippen molar-refractivity contribution in [1.82, 2.24) is 0 Å². The zero-order valence-corrected chi connectivity index (χ0v) is 13.2. The number of aliphatic hydroxyl groups is 4. The van der Waals surface area contributed by atoms with Crippen molar-refractivity contribution in [1.29, 1.82) is 0 Å². The summed E-state index contributed by atoms with van der Waals surface area (Å²) in [5.74, 6) is 0.0454. The number of rotatable bonds is 8. The van der Waals surface area contributed by atoms with Gasteiger partial charge in [0.25, 0.3) is 0 Å². The van der Waals surface area contributed by atoms with Crippen molar-refractivity contribution in [2.45, 2.75) is 72.7 Å². The molecule has 19 heavy (non-hydrogen) atoms. The summed E-state index contributed by atoms with van der Waals surface area (Å²) in [6, 6.07) is 0. The summed E-state index contributed by atoms with van der Waals surface area (Å²) in [5, 5.41) is 40.6. The standard InChI is InChI=1S/C15H32O4/c1-7-10(3)11(17)15(6,8-2)13(19)12(18)14(4,5)9-16/h10-13,16-19H,7-9H2,1-6H3. The second kappa shape index (κ2) is 7.02. The van der Waals surface area contributed by atoms with Crippen molar-refractivity contribution in [3.05, 3.63) is 0 Å². The summed E-state index contributed by atoms with van der Waals surface area (Å²) in [7, 11) is 0. The molecule has 0 bridgehead atoms. The summed E-state index contributed by atoms with van der Waals surface area (Å²) in [5.41, 5.74) is -1.59. The Balaban J connectivity index is 5.23. The van der Waals surface area contributed by atoms with Crippen LogP contribution in [-0.4, -0.2) is 45.3 Å². The molecule has 0 aliphatic heterocycles. The van der Waals surface area contributed by atoms with Crippen LogP contribution < -0.4 is 0 Å². The first kappa shape index (κ1) is 18.8. The minimum Gasteiger partial charge on any atom is -0.396 e. The highest BCUT2D eigenvalue weighted by Crippen LogP contribution is 2.39. The van der Waals surface area contributed by atoms with E-state index in [2.05, 4.69) is 0 Å². The highest BCUT2D eigenvalue weighted by atomic mass is 16.3. The predicted molar refractivity (Wildman–Crippen MR) is 76.7 cm³/mol. The lowest BCUT2D eigenvalue weighted by molar-refractivity contribution is -0.160. The fourth-order valence-corrected chi connectivity index (χ4v) is 2.35. The van der Waals surface area contributed by atoms with Crippen LogP contribution in [0.2, 0.25) is 0 Å². The molecule has 0 heterocycles. The molecule has 4 heteroatoms. The van der Waals surface area contributed by atoms with Gasteiger partial charge in [0.15, 0.2) is 0 Å². The maximum absolute atomic E-state index is 10.5. The highest BCUT2D eigenvalue weighted by molar-refractivity contribution is 4.97. The first-order valence-electron chi connectivity index (χ1n) is 7.23. The van der Waals surface area contributed by atoms with E-state index in [-0.39, 0.29) is 12.5 Å². The van der Waals surface area contributed by atoms with Crippen molar-refractivity contribution in [2.75, 3.05) is 6.61 Å². The Morgan fingerprint density at radius 2 is 1.37 bits per heavy atom. The molecule has 116 valence electrons. The van der Waals surface area contributed by atoms with Gasteiger partial charge in [0.1, 0.15) is 0 Å². The van der Waals surface area contributed by atoms with Gasteiger partial charge in [-0.1, -0.05) is 48.0 Å².